The molecule has 0 saturated heterocycles. The van der Waals surface area contributed by atoms with Crippen LogP contribution in [0, 0.1) is 11.3 Å². The van der Waals surface area contributed by atoms with Gasteiger partial charge in [-0.2, -0.15) is 0 Å². The van der Waals surface area contributed by atoms with Crippen molar-refractivity contribution in [3.8, 4) is 0 Å². The molecule has 0 aliphatic heterocycles. The molecular weight excluding hydrogens is 198 g/mol. The van der Waals surface area contributed by atoms with E-state index in [1.54, 1.807) is 0 Å². The average molecular weight is 221 g/mol. The fourth-order valence-corrected chi connectivity index (χ4v) is 1.92. The van der Waals surface area contributed by atoms with Crippen molar-refractivity contribution in [2.45, 2.75) is 52.7 Å². The quantitative estimate of drug-likeness (QED) is 0.828. The van der Waals surface area contributed by atoms with Crippen LogP contribution in [0.1, 0.15) is 51.7 Å². The van der Waals surface area contributed by atoms with Gasteiger partial charge in [0.2, 0.25) is 0 Å². The van der Waals surface area contributed by atoms with Gasteiger partial charge in [0.15, 0.2) is 0 Å². The van der Waals surface area contributed by atoms with Crippen LogP contribution in [-0.4, -0.2) is 9.67 Å². The summed E-state index contributed by atoms with van der Waals surface area (Å²) in [6.45, 7) is 7.82. The van der Waals surface area contributed by atoms with Crippen molar-refractivity contribution in [3.05, 3.63) is 24.0 Å². The minimum absolute atomic E-state index is 0.226. The molecule has 1 unspecified atom stereocenters. The summed E-state index contributed by atoms with van der Waals surface area (Å²) in [5.41, 5.74) is 1.47. The maximum Gasteiger partial charge on any atom is 0.0832 e. The van der Waals surface area contributed by atoms with E-state index in [2.05, 4.69) is 43.8 Å². The smallest absolute Gasteiger partial charge is 0.0832 e. The molecule has 1 N–H and O–H groups in total. The normalized spacial score (nSPS) is 18.8. The highest BCUT2D eigenvalue weighted by Crippen LogP contribution is 2.40. The summed E-state index contributed by atoms with van der Waals surface area (Å²) >= 11 is 0. The third kappa shape index (κ3) is 3.11. The number of hydrogen-bond acceptors (Lipinski definition) is 1. The van der Waals surface area contributed by atoms with E-state index in [9.17, 15) is 5.11 Å². The topological polar surface area (TPSA) is 25.2 Å². The lowest BCUT2D eigenvalue weighted by Gasteiger charge is -2.18. The molecule has 1 fully saturated rings. The van der Waals surface area contributed by atoms with Crippen LogP contribution >= 0.6 is 0 Å². The van der Waals surface area contributed by atoms with Crippen molar-refractivity contribution in [1.29, 1.82) is 0 Å². The number of aliphatic hydroxyl groups is 1. The molecule has 0 bridgehead atoms. The third-order valence-electron chi connectivity index (χ3n) is 3.30. The Morgan fingerprint density at radius 3 is 2.69 bits per heavy atom. The van der Waals surface area contributed by atoms with Crippen molar-refractivity contribution in [3.63, 3.8) is 0 Å². The number of nitrogens with zero attached hydrogens (tertiary/aromatic N) is 1. The maximum absolute atomic E-state index is 9.99. The zero-order valence-corrected chi connectivity index (χ0v) is 10.6. The molecule has 0 radical (unpaired) electrons. The number of rotatable bonds is 4. The Bertz CT molecular complexity index is 344. The summed E-state index contributed by atoms with van der Waals surface area (Å²) in [6, 6.07) is 2.06. The molecule has 1 atom stereocenters. The van der Waals surface area contributed by atoms with E-state index >= 15 is 0 Å². The van der Waals surface area contributed by atoms with E-state index in [0.29, 0.717) is 11.3 Å². The number of aryl methyl sites for hydroxylation is 1. The van der Waals surface area contributed by atoms with Crippen molar-refractivity contribution in [2.24, 2.45) is 11.3 Å². The first-order chi connectivity index (χ1) is 7.46. The Hall–Kier alpha value is -0.760. The molecule has 2 heteroatoms. The van der Waals surface area contributed by atoms with Crippen molar-refractivity contribution in [1.82, 2.24) is 4.57 Å². The summed E-state index contributed by atoms with van der Waals surface area (Å²) in [5.74, 6) is 0.526. The van der Waals surface area contributed by atoms with Crippen molar-refractivity contribution >= 4 is 0 Å². The molecule has 1 aliphatic carbocycles. The zero-order chi connectivity index (χ0) is 11.8. The molecule has 2 rings (SSSR count). The van der Waals surface area contributed by atoms with Gasteiger partial charge in [-0.15, -0.1) is 0 Å². The van der Waals surface area contributed by atoms with E-state index < -0.39 is 0 Å². The molecule has 1 aliphatic rings. The van der Waals surface area contributed by atoms with E-state index in [-0.39, 0.29) is 6.10 Å². The molecule has 16 heavy (non-hydrogen) atoms. The van der Waals surface area contributed by atoms with Crippen LogP contribution in [0.4, 0.5) is 0 Å². The van der Waals surface area contributed by atoms with Crippen LogP contribution in [0.2, 0.25) is 0 Å². The van der Waals surface area contributed by atoms with Crippen LogP contribution in [-0.2, 0) is 6.54 Å². The number of aliphatic hydroxyl groups excluding tert-OH is 1. The molecule has 0 aromatic carbocycles. The first kappa shape index (κ1) is 11.7. The van der Waals surface area contributed by atoms with Crippen LogP contribution in [0.25, 0.3) is 0 Å². The zero-order valence-electron chi connectivity index (χ0n) is 10.6. The van der Waals surface area contributed by atoms with Gasteiger partial charge >= 0.3 is 0 Å². The highest BCUT2D eigenvalue weighted by molar-refractivity contribution is 5.16. The van der Waals surface area contributed by atoms with Gasteiger partial charge in [-0.25, -0.2) is 0 Å². The van der Waals surface area contributed by atoms with E-state index in [1.165, 1.54) is 19.3 Å². The summed E-state index contributed by atoms with van der Waals surface area (Å²) < 4.78 is 2.20. The highest BCUT2D eigenvalue weighted by atomic mass is 16.3. The van der Waals surface area contributed by atoms with Crippen molar-refractivity contribution in [2.75, 3.05) is 0 Å². The molecule has 1 saturated carbocycles. The number of hydrogen-bond donors (Lipinski definition) is 1. The predicted octanol–water partition coefficient (Wildman–Crippen LogP) is 3.37. The maximum atomic E-state index is 9.99. The second kappa shape index (κ2) is 4.25. The summed E-state index contributed by atoms with van der Waals surface area (Å²) in [6.07, 6.45) is 7.51. The van der Waals surface area contributed by atoms with E-state index in [0.717, 1.165) is 12.1 Å². The summed E-state index contributed by atoms with van der Waals surface area (Å²) in [5, 5.41) is 9.99. The summed E-state index contributed by atoms with van der Waals surface area (Å²) in [4.78, 5) is 0. The monoisotopic (exact) mass is 221 g/mol. The molecule has 1 heterocycles. The van der Waals surface area contributed by atoms with E-state index in [1.807, 2.05) is 0 Å². The van der Waals surface area contributed by atoms with Crippen LogP contribution < -0.4 is 0 Å². The molecular formula is C14H23NO. The Morgan fingerprint density at radius 1 is 1.44 bits per heavy atom. The Balaban J connectivity index is 1.91. The van der Waals surface area contributed by atoms with E-state index in [4.69, 9.17) is 0 Å². The van der Waals surface area contributed by atoms with Gasteiger partial charge in [-0.1, -0.05) is 20.8 Å². The minimum Gasteiger partial charge on any atom is -0.388 e. The Kier molecular flexibility index (Phi) is 3.11. The lowest BCUT2D eigenvalue weighted by atomic mass is 9.92. The lowest BCUT2D eigenvalue weighted by Crippen LogP contribution is -2.09. The predicted molar refractivity (Wildman–Crippen MR) is 66.2 cm³/mol. The summed E-state index contributed by atoms with van der Waals surface area (Å²) in [7, 11) is 0. The number of aromatic nitrogens is 1. The highest BCUT2D eigenvalue weighted by Gasteiger charge is 2.31. The fraction of sp³-hybridized carbons (Fsp3) is 0.714. The van der Waals surface area contributed by atoms with Gasteiger partial charge in [0, 0.05) is 18.9 Å². The van der Waals surface area contributed by atoms with Gasteiger partial charge in [0.25, 0.3) is 0 Å². The van der Waals surface area contributed by atoms with Gasteiger partial charge in [-0.3, -0.25) is 0 Å². The Labute approximate surface area is 98.3 Å². The largest absolute Gasteiger partial charge is 0.388 e. The van der Waals surface area contributed by atoms with Gasteiger partial charge in [-0.05, 0) is 42.2 Å². The molecule has 1 aromatic rings. The molecule has 0 amide bonds. The second-order valence-corrected chi connectivity index (χ2v) is 6.28. The average Bonchev–Trinajstić information content (AvgIpc) is 2.92. The van der Waals surface area contributed by atoms with Gasteiger partial charge in [0.1, 0.15) is 0 Å². The lowest BCUT2D eigenvalue weighted by molar-refractivity contribution is 0.153. The standard InChI is InChI=1S/C14H23NO/c1-14(2,3)7-9-15-8-6-12(10-15)13(16)11-4-5-11/h6,8,10-11,13,16H,4-5,7,9H2,1-3H3. The molecule has 90 valence electrons. The SMILES string of the molecule is CC(C)(C)CCn1ccc(C(O)C2CC2)c1. The van der Waals surface area contributed by atoms with Crippen molar-refractivity contribution < 1.29 is 5.11 Å². The second-order valence-electron chi connectivity index (χ2n) is 6.28. The van der Waals surface area contributed by atoms with Gasteiger partial charge in [0.05, 0.1) is 6.10 Å². The molecule has 1 aromatic heterocycles. The minimum atomic E-state index is -0.226. The van der Waals surface area contributed by atoms with Crippen LogP contribution in [0.5, 0.6) is 0 Å². The fourth-order valence-electron chi connectivity index (χ4n) is 1.92. The molecule has 0 spiro atoms. The van der Waals surface area contributed by atoms with Gasteiger partial charge < -0.3 is 9.67 Å². The first-order valence-corrected chi connectivity index (χ1v) is 6.29. The third-order valence-corrected chi connectivity index (χ3v) is 3.30. The molecule has 2 nitrogen and oxygen atoms in total. The van der Waals surface area contributed by atoms with Crippen LogP contribution in [0.15, 0.2) is 18.5 Å². The first-order valence-electron chi connectivity index (χ1n) is 6.29. The Morgan fingerprint density at radius 2 is 2.12 bits per heavy atom. The van der Waals surface area contributed by atoms with Crippen LogP contribution in [0.3, 0.4) is 0 Å².